The minimum Gasteiger partial charge on any atom is -0.481 e. The van der Waals surface area contributed by atoms with Crippen molar-refractivity contribution in [2.45, 2.75) is 12.8 Å². The molecule has 2 aromatic rings. The normalized spacial score (nSPS) is 15.3. The van der Waals surface area contributed by atoms with E-state index in [0.29, 0.717) is 22.9 Å². The number of halogens is 1. The van der Waals surface area contributed by atoms with E-state index >= 15 is 0 Å². The minimum atomic E-state index is -0.858. The number of hydrogen-bond acceptors (Lipinski definition) is 4. The van der Waals surface area contributed by atoms with E-state index in [1.807, 2.05) is 18.2 Å². The van der Waals surface area contributed by atoms with E-state index in [9.17, 15) is 9.59 Å². The van der Waals surface area contributed by atoms with E-state index in [-0.39, 0.29) is 18.1 Å². The Kier molecular flexibility index (Phi) is 3.88. The lowest BCUT2D eigenvalue weighted by molar-refractivity contribution is -0.143. The minimum absolute atomic E-state index is 0.139. The maximum atomic E-state index is 12.1. The zero-order valence-corrected chi connectivity index (χ0v) is 13.1. The molecule has 0 atom stereocenters. The highest BCUT2D eigenvalue weighted by Crippen LogP contribution is 2.45. The van der Waals surface area contributed by atoms with E-state index in [1.54, 1.807) is 11.4 Å². The van der Waals surface area contributed by atoms with Crippen molar-refractivity contribution < 1.29 is 14.7 Å². The molecule has 0 radical (unpaired) electrons. The van der Waals surface area contributed by atoms with Crippen LogP contribution in [0.25, 0.3) is 10.6 Å². The highest BCUT2D eigenvalue weighted by Gasteiger charge is 2.50. The van der Waals surface area contributed by atoms with E-state index in [4.69, 9.17) is 16.7 Å². The molecule has 0 bridgehead atoms. The maximum Gasteiger partial charge on any atom is 0.311 e. The highest BCUT2D eigenvalue weighted by molar-refractivity contribution is 7.13. The van der Waals surface area contributed by atoms with Crippen LogP contribution in [0.2, 0.25) is 5.02 Å². The predicted octanol–water partition coefficient (Wildman–Crippen LogP) is 3.06. The number of amides is 1. The Morgan fingerprint density at radius 3 is 2.73 bits per heavy atom. The topological polar surface area (TPSA) is 79.3 Å². The SMILES string of the molecule is O=C(NCC1(C(=O)O)CC1)c1csc(-c2ccccc2Cl)n1. The van der Waals surface area contributed by atoms with Gasteiger partial charge in [0.25, 0.3) is 5.91 Å². The zero-order valence-electron chi connectivity index (χ0n) is 11.5. The Bertz CT molecular complexity index is 740. The molecule has 1 fully saturated rings. The summed E-state index contributed by atoms with van der Waals surface area (Å²) in [4.78, 5) is 27.4. The molecule has 0 aliphatic heterocycles. The van der Waals surface area contributed by atoms with Crippen LogP contribution in [0.3, 0.4) is 0 Å². The Balaban J connectivity index is 1.70. The number of nitrogens with one attached hydrogen (secondary N) is 1. The molecule has 1 aromatic carbocycles. The van der Waals surface area contributed by atoms with Crippen molar-refractivity contribution in [1.29, 1.82) is 0 Å². The Morgan fingerprint density at radius 1 is 1.36 bits per heavy atom. The second-order valence-electron chi connectivity index (χ2n) is 5.29. The molecule has 1 amide bonds. The van der Waals surface area contributed by atoms with Crippen LogP contribution in [0.1, 0.15) is 23.3 Å². The van der Waals surface area contributed by atoms with Crippen LogP contribution in [-0.2, 0) is 4.79 Å². The van der Waals surface area contributed by atoms with Gasteiger partial charge in [-0.15, -0.1) is 11.3 Å². The molecular formula is C15H13ClN2O3S. The third-order valence-corrected chi connectivity index (χ3v) is 4.94. The number of carboxylic acid groups (broad SMARTS) is 1. The van der Waals surface area contributed by atoms with Gasteiger partial charge in [0.1, 0.15) is 10.7 Å². The van der Waals surface area contributed by atoms with Crippen LogP contribution in [-0.4, -0.2) is 28.5 Å². The van der Waals surface area contributed by atoms with Crippen LogP contribution in [0, 0.1) is 5.41 Å². The number of carbonyl (C=O) groups excluding carboxylic acids is 1. The van der Waals surface area contributed by atoms with E-state index in [0.717, 1.165) is 5.56 Å². The molecule has 1 saturated carbocycles. The molecule has 0 unspecified atom stereocenters. The lowest BCUT2D eigenvalue weighted by Crippen LogP contribution is -2.34. The van der Waals surface area contributed by atoms with Gasteiger partial charge in [0.2, 0.25) is 0 Å². The number of aromatic nitrogens is 1. The average Bonchev–Trinajstić information content (AvgIpc) is 3.15. The first-order chi connectivity index (χ1) is 10.5. The third kappa shape index (κ3) is 2.84. The first-order valence-corrected chi connectivity index (χ1v) is 8.00. The van der Waals surface area contributed by atoms with Gasteiger partial charge < -0.3 is 10.4 Å². The number of aliphatic carboxylic acids is 1. The molecule has 0 saturated heterocycles. The van der Waals surface area contributed by atoms with Gasteiger partial charge in [-0.25, -0.2) is 4.98 Å². The van der Waals surface area contributed by atoms with Gasteiger partial charge in [-0.1, -0.05) is 29.8 Å². The number of hydrogen-bond donors (Lipinski definition) is 2. The van der Waals surface area contributed by atoms with Gasteiger partial charge in [0, 0.05) is 17.5 Å². The molecule has 1 aliphatic rings. The fourth-order valence-electron chi connectivity index (χ4n) is 2.09. The number of nitrogens with zero attached hydrogens (tertiary/aromatic N) is 1. The first-order valence-electron chi connectivity index (χ1n) is 6.74. The monoisotopic (exact) mass is 336 g/mol. The lowest BCUT2D eigenvalue weighted by Gasteiger charge is -2.09. The standard InChI is InChI=1S/C15H13ClN2O3S/c16-10-4-2-1-3-9(10)13-18-11(7-22-13)12(19)17-8-15(5-6-15)14(20)21/h1-4,7H,5-6,8H2,(H,17,19)(H,20,21). The van der Waals surface area contributed by atoms with Crippen molar-refractivity contribution in [1.82, 2.24) is 10.3 Å². The largest absolute Gasteiger partial charge is 0.481 e. The van der Waals surface area contributed by atoms with Crippen LogP contribution < -0.4 is 5.32 Å². The molecule has 1 aromatic heterocycles. The summed E-state index contributed by atoms with van der Waals surface area (Å²) in [7, 11) is 0. The van der Waals surface area contributed by atoms with Crippen LogP contribution in [0.5, 0.6) is 0 Å². The van der Waals surface area contributed by atoms with Gasteiger partial charge in [0.05, 0.1) is 10.4 Å². The molecule has 5 nitrogen and oxygen atoms in total. The number of carboxylic acids is 1. The average molecular weight is 337 g/mol. The fourth-order valence-corrected chi connectivity index (χ4v) is 3.21. The molecule has 1 aliphatic carbocycles. The summed E-state index contributed by atoms with van der Waals surface area (Å²) in [5, 5.41) is 14.6. The molecule has 2 N–H and O–H groups in total. The maximum absolute atomic E-state index is 12.1. The van der Waals surface area contributed by atoms with Gasteiger partial charge in [-0.2, -0.15) is 0 Å². The smallest absolute Gasteiger partial charge is 0.311 e. The molecule has 1 heterocycles. The second kappa shape index (κ2) is 5.70. The summed E-state index contributed by atoms with van der Waals surface area (Å²) < 4.78 is 0. The van der Waals surface area contributed by atoms with Crippen LogP contribution in [0.15, 0.2) is 29.6 Å². The predicted molar refractivity (Wildman–Crippen MR) is 84.2 cm³/mol. The number of rotatable bonds is 5. The van der Waals surface area contributed by atoms with Crippen LogP contribution in [0.4, 0.5) is 0 Å². The van der Waals surface area contributed by atoms with Gasteiger partial charge in [0.15, 0.2) is 0 Å². The third-order valence-electron chi connectivity index (χ3n) is 3.74. The van der Waals surface area contributed by atoms with E-state index in [2.05, 4.69) is 10.3 Å². The van der Waals surface area contributed by atoms with Gasteiger partial charge >= 0.3 is 5.97 Å². The van der Waals surface area contributed by atoms with Crippen molar-refractivity contribution in [3.63, 3.8) is 0 Å². The van der Waals surface area contributed by atoms with E-state index in [1.165, 1.54) is 11.3 Å². The summed E-state index contributed by atoms with van der Waals surface area (Å²) in [6, 6.07) is 7.29. The molecule has 114 valence electrons. The summed E-state index contributed by atoms with van der Waals surface area (Å²) in [6.45, 7) is 0.139. The van der Waals surface area contributed by atoms with Crippen molar-refractivity contribution in [3.05, 3.63) is 40.4 Å². The van der Waals surface area contributed by atoms with Crippen molar-refractivity contribution >= 4 is 34.8 Å². The molecular weight excluding hydrogens is 324 g/mol. The Labute approximate surface area is 136 Å². The summed E-state index contributed by atoms with van der Waals surface area (Å²) >= 11 is 7.44. The number of thiazole rings is 1. The highest BCUT2D eigenvalue weighted by atomic mass is 35.5. The first kappa shape index (κ1) is 15.0. The Morgan fingerprint density at radius 2 is 2.09 bits per heavy atom. The molecule has 22 heavy (non-hydrogen) atoms. The lowest BCUT2D eigenvalue weighted by atomic mass is 10.1. The molecule has 0 spiro atoms. The fraction of sp³-hybridized carbons (Fsp3) is 0.267. The second-order valence-corrected chi connectivity index (χ2v) is 6.55. The quantitative estimate of drug-likeness (QED) is 0.879. The molecule has 7 heteroatoms. The van der Waals surface area contributed by atoms with Crippen molar-refractivity contribution in [2.75, 3.05) is 6.54 Å². The van der Waals surface area contributed by atoms with Crippen molar-refractivity contribution in [2.24, 2.45) is 5.41 Å². The van der Waals surface area contributed by atoms with Crippen LogP contribution >= 0.6 is 22.9 Å². The molecule has 3 rings (SSSR count). The Hall–Kier alpha value is -1.92. The summed E-state index contributed by atoms with van der Waals surface area (Å²) in [6.07, 6.45) is 1.20. The summed E-state index contributed by atoms with van der Waals surface area (Å²) in [5.41, 5.74) is 0.274. The van der Waals surface area contributed by atoms with Crippen molar-refractivity contribution in [3.8, 4) is 10.6 Å². The number of carbonyl (C=O) groups is 2. The number of benzene rings is 1. The van der Waals surface area contributed by atoms with E-state index < -0.39 is 11.4 Å². The summed E-state index contributed by atoms with van der Waals surface area (Å²) in [5.74, 6) is -1.22. The zero-order chi connectivity index (χ0) is 15.7. The van der Waals surface area contributed by atoms with Gasteiger partial charge in [-0.3, -0.25) is 9.59 Å². The van der Waals surface area contributed by atoms with Gasteiger partial charge in [-0.05, 0) is 18.9 Å².